The van der Waals surface area contributed by atoms with E-state index in [1.165, 1.54) is 24.0 Å². The van der Waals surface area contributed by atoms with E-state index in [1.54, 1.807) is 7.11 Å². The van der Waals surface area contributed by atoms with Gasteiger partial charge in [-0.25, -0.2) is 0 Å². The third-order valence-corrected chi connectivity index (χ3v) is 4.05. The van der Waals surface area contributed by atoms with Crippen LogP contribution in [0.1, 0.15) is 43.9 Å². The average molecular weight is 262 g/mol. The Morgan fingerprint density at radius 3 is 2.53 bits per heavy atom. The molecule has 106 valence electrons. The first kappa shape index (κ1) is 14.4. The van der Waals surface area contributed by atoms with E-state index in [4.69, 9.17) is 10.5 Å². The second-order valence-corrected chi connectivity index (χ2v) is 5.48. The Balaban J connectivity index is 2.38. The maximum Gasteiger partial charge on any atom is 0.123 e. The maximum atomic E-state index is 6.27. The van der Waals surface area contributed by atoms with Crippen molar-refractivity contribution in [1.29, 1.82) is 0 Å². The average Bonchev–Trinajstić information content (AvgIpc) is 2.92. The summed E-state index contributed by atoms with van der Waals surface area (Å²) in [7, 11) is 1.74. The first-order valence-electron chi connectivity index (χ1n) is 7.33. The molecule has 1 aromatic rings. The summed E-state index contributed by atoms with van der Waals surface area (Å²) in [4.78, 5) is 2.50. The number of ether oxygens (including phenoxy) is 1. The summed E-state index contributed by atoms with van der Waals surface area (Å²) in [6, 6.07) is 6.87. The van der Waals surface area contributed by atoms with Crippen LogP contribution >= 0.6 is 0 Å². The monoisotopic (exact) mass is 262 g/mol. The van der Waals surface area contributed by atoms with Crippen molar-refractivity contribution in [3.8, 4) is 5.75 Å². The minimum absolute atomic E-state index is 0.110. The van der Waals surface area contributed by atoms with E-state index < -0.39 is 0 Å². The molecule has 1 aliphatic heterocycles. The summed E-state index contributed by atoms with van der Waals surface area (Å²) in [5, 5.41) is 0. The lowest BCUT2D eigenvalue weighted by molar-refractivity contribution is 0.214. The Morgan fingerprint density at radius 1 is 1.32 bits per heavy atom. The van der Waals surface area contributed by atoms with Crippen LogP contribution in [0.15, 0.2) is 18.2 Å². The van der Waals surface area contributed by atoms with Gasteiger partial charge in [-0.05, 0) is 50.9 Å². The number of benzene rings is 1. The van der Waals surface area contributed by atoms with Crippen LogP contribution in [0.25, 0.3) is 0 Å². The van der Waals surface area contributed by atoms with Crippen LogP contribution in [-0.2, 0) is 6.42 Å². The molecule has 0 aromatic heterocycles. The zero-order chi connectivity index (χ0) is 13.8. The van der Waals surface area contributed by atoms with Crippen molar-refractivity contribution in [2.24, 2.45) is 5.73 Å². The van der Waals surface area contributed by atoms with Gasteiger partial charge in [0.1, 0.15) is 5.75 Å². The summed E-state index contributed by atoms with van der Waals surface area (Å²) in [5.41, 5.74) is 8.86. The fourth-order valence-electron chi connectivity index (χ4n) is 3.07. The Labute approximate surface area is 116 Å². The van der Waals surface area contributed by atoms with Gasteiger partial charge in [0, 0.05) is 11.6 Å². The van der Waals surface area contributed by atoms with E-state index in [-0.39, 0.29) is 12.1 Å². The molecule has 0 radical (unpaired) electrons. The molecule has 1 aliphatic rings. The molecule has 1 aromatic carbocycles. The highest BCUT2D eigenvalue weighted by Gasteiger charge is 2.28. The fraction of sp³-hybridized carbons (Fsp3) is 0.625. The molecular weight excluding hydrogens is 236 g/mol. The molecular formula is C16H26N2O. The van der Waals surface area contributed by atoms with Gasteiger partial charge in [-0.1, -0.05) is 19.1 Å². The predicted molar refractivity (Wildman–Crippen MR) is 79.6 cm³/mol. The van der Waals surface area contributed by atoms with Crippen molar-refractivity contribution in [2.75, 3.05) is 20.2 Å². The molecule has 0 spiro atoms. The molecule has 2 rings (SSSR count). The number of methoxy groups -OCH3 is 1. The van der Waals surface area contributed by atoms with Gasteiger partial charge < -0.3 is 10.5 Å². The van der Waals surface area contributed by atoms with Gasteiger partial charge in [-0.3, -0.25) is 4.90 Å². The van der Waals surface area contributed by atoms with E-state index in [0.717, 1.165) is 25.3 Å². The van der Waals surface area contributed by atoms with E-state index in [0.29, 0.717) is 0 Å². The topological polar surface area (TPSA) is 38.5 Å². The number of nitrogens with two attached hydrogens (primary N) is 1. The third-order valence-electron chi connectivity index (χ3n) is 4.05. The van der Waals surface area contributed by atoms with Crippen LogP contribution in [-0.4, -0.2) is 31.1 Å². The van der Waals surface area contributed by atoms with E-state index in [2.05, 4.69) is 36.9 Å². The highest BCUT2D eigenvalue weighted by atomic mass is 16.5. The summed E-state index contributed by atoms with van der Waals surface area (Å²) >= 11 is 0. The highest BCUT2D eigenvalue weighted by molar-refractivity contribution is 5.40. The fourth-order valence-corrected chi connectivity index (χ4v) is 3.07. The van der Waals surface area contributed by atoms with Crippen molar-refractivity contribution in [1.82, 2.24) is 4.90 Å². The molecule has 1 fully saturated rings. The predicted octanol–water partition coefficient (Wildman–Crippen LogP) is 2.74. The Hall–Kier alpha value is -1.06. The van der Waals surface area contributed by atoms with Crippen molar-refractivity contribution in [3.63, 3.8) is 0 Å². The summed E-state index contributed by atoms with van der Waals surface area (Å²) in [6.07, 6.45) is 3.60. The lowest BCUT2D eigenvalue weighted by Gasteiger charge is -2.32. The zero-order valence-corrected chi connectivity index (χ0v) is 12.4. The summed E-state index contributed by atoms with van der Waals surface area (Å²) in [6.45, 7) is 6.57. The first-order valence-corrected chi connectivity index (χ1v) is 7.33. The number of nitrogens with zero attached hydrogens (tertiary/aromatic N) is 1. The Morgan fingerprint density at radius 2 is 2.00 bits per heavy atom. The maximum absolute atomic E-state index is 6.27. The Bertz CT molecular complexity index is 411. The molecule has 3 nitrogen and oxygen atoms in total. The second kappa shape index (κ2) is 6.40. The van der Waals surface area contributed by atoms with Crippen molar-refractivity contribution in [3.05, 3.63) is 29.3 Å². The van der Waals surface area contributed by atoms with Crippen LogP contribution < -0.4 is 10.5 Å². The first-order chi connectivity index (χ1) is 9.17. The SMILES string of the molecule is CCc1ccc(OC)c(C(C(C)N)N2CCCC2)c1. The van der Waals surface area contributed by atoms with E-state index in [9.17, 15) is 0 Å². The minimum Gasteiger partial charge on any atom is -0.496 e. The molecule has 1 heterocycles. The minimum atomic E-state index is 0.110. The third kappa shape index (κ3) is 3.10. The molecule has 2 unspecified atom stereocenters. The van der Waals surface area contributed by atoms with Gasteiger partial charge in [0.15, 0.2) is 0 Å². The second-order valence-electron chi connectivity index (χ2n) is 5.48. The van der Waals surface area contributed by atoms with Crippen molar-refractivity contribution in [2.45, 2.75) is 45.2 Å². The van der Waals surface area contributed by atoms with E-state index >= 15 is 0 Å². The van der Waals surface area contributed by atoms with Crippen LogP contribution in [0.5, 0.6) is 5.75 Å². The highest BCUT2D eigenvalue weighted by Crippen LogP contribution is 2.34. The summed E-state index contributed by atoms with van der Waals surface area (Å²) < 4.78 is 5.55. The largest absolute Gasteiger partial charge is 0.496 e. The normalized spacial score (nSPS) is 19.4. The number of hydrogen-bond donors (Lipinski definition) is 1. The lowest BCUT2D eigenvalue weighted by atomic mass is 9.96. The van der Waals surface area contributed by atoms with Gasteiger partial charge in [-0.2, -0.15) is 0 Å². The zero-order valence-electron chi connectivity index (χ0n) is 12.4. The molecule has 19 heavy (non-hydrogen) atoms. The van der Waals surface area contributed by atoms with Gasteiger partial charge in [0.2, 0.25) is 0 Å². The standard InChI is InChI=1S/C16H26N2O/c1-4-13-7-8-15(19-3)14(11-13)16(12(2)17)18-9-5-6-10-18/h7-8,11-12,16H,4-6,9-10,17H2,1-3H3. The quantitative estimate of drug-likeness (QED) is 0.886. The lowest BCUT2D eigenvalue weighted by Crippen LogP contribution is -2.38. The molecule has 0 saturated carbocycles. The van der Waals surface area contributed by atoms with Crippen molar-refractivity contribution >= 4 is 0 Å². The van der Waals surface area contributed by atoms with Gasteiger partial charge in [0.25, 0.3) is 0 Å². The molecule has 2 atom stereocenters. The van der Waals surface area contributed by atoms with E-state index in [1.807, 2.05) is 0 Å². The smallest absolute Gasteiger partial charge is 0.123 e. The molecule has 1 saturated heterocycles. The Kier molecular flexibility index (Phi) is 4.83. The molecule has 0 aliphatic carbocycles. The van der Waals surface area contributed by atoms with Crippen LogP contribution in [0.4, 0.5) is 0 Å². The van der Waals surface area contributed by atoms with Crippen LogP contribution in [0.2, 0.25) is 0 Å². The summed E-state index contributed by atoms with van der Waals surface area (Å²) in [5.74, 6) is 0.964. The van der Waals surface area contributed by atoms with Gasteiger partial charge in [-0.15, -0.1) is 0 Å². The molecule has 2 N–H and O–H groups in total. The van der Waals surface area contributed by atoms with Gasteiger partial charge in [0.05, 0.1) is 13.2 Å². The number of likely N-dealkylation sites (tertiary alicyclic amines) is 1. The number of aryl methyl sites for hydroxylation is 1. The van der Waals surface area contributed by atoms with Crippen molar-refractivity contribution < 1.29 is 4.74 Å². The number of hydrogen-bond acceptors (Lipinski definition) is 3. The number of rotatable bonds is 5. The van der Waals surface area contributed by atoms with Crippen LogP contribution in [0.3, 0.4) is 0 Å². The molecule has 0 bridgehead atoms. The molecule has 3 heteroatoms. The van der Waals surface area contributed by atoms with Gasteiger partial charge >= 0.3 is 0 Å². The molecule has 0 amide bonds. The van der Waals surface area contributed by atoms with Crippen LogP contribution in [0, 0.1) is 0 Å².